The smallest absolute Gasteiger partial charge is 0.303 e. The number of rotatable bonds is 7. The van der Waals surface area contributed by atoms with Gasteiger partial charge in [0.15, 0.2) is 0 Å². The quantitative estimate of drug-likeness (QED) is 0.414. The third-order valence-corrected chi connectivity index (χ3v) is 7.99. The Bertz CT molecular complexity index is 1170. The van der Waals surface area contributed by atoms with Crippen molar-refractivity contribution in [1.82, 2.24) is 9.88 Å². The number of carboxylic acids is 1. The van der Waals surface area contributed by atoms with Gasteiger partial charge < -0.3 is 15.0 Å². The van der Waals surface area contributed by atoms with Gasteiger partial charge in [0.1, 0.15) is 0 Å². The Balaban J connectivity index is 1.47. The van der Waals surface area contributed by atoms with Crippen LogP contribution < -0.4 is 0 Å². The Morgan fingerprint density at radius 3 is 2.74 bits per heavy atom. The number of benzene rings is 2. The van der Waals surface area contributed by atoms with Crippen molar-refractivity contribution in [3.8, 4) is 0 Å². The summed E-state index contributed by atoms with van der Waals surface area (Å²) >= 11 is 6.21. The van der Waals surface area contributed by atoms with Crippen LogP contribution in [0.25, 0.3) is 10.9 Å². The molecule has 2 aromatic carbocycles. The zero-order chi connectivity index (χ0) is 23.7. The highest BCUT2D eigenvalue weighted by Crippen LogP contribution is 2.41. The molecule has 0 radical (unpaired) electrons. The van der Waals surface area contributed by atoms with Crippen LogP contribution in [0.1, 0.15) is 68.4 Å². The molecule has 1 aliphatic heterocycles. The molecule has 0 spiro atoms. The summed E-state index contributed by atoms with van der Waals surface area (Å²) in [4.78, 5) is 30.7. The van der Waals surface area contributed by atoms with Gasteiger partial charge in [-0.3, -0.25) is 9.59 Å². The van der Waals surface area contributed by atoms with Crippen LogP contribution in [0.2, 0.25) is 5.02 Å². The molecule has 5 nitrogen and oxygen atoms in total. The van der Waals surface area contributed by atoms with Gasteiger partial charge in [0.25, 0.3) is 0 Å². The van der Waals surface area contributed by atoms with Crippen molar-refractivity contribution in [1.29, 1.82) is 0 Å². The number of carbonyl (C=O) groups is 2. The molecule has 1 amide bonds. The van der Waals surface area contributed by atoms with Gasteiger partial charge >= 0.3 is 5.97 Å². The maximum atomic E-state index is 14.0. The minimum absolute atomic E-state index is 0.0193. The molecule has 4 atom stereocenters. The first-order chi connectivity index (χ1) is 16.5. The number of amides is 1. The number of halogens is 1. The number of aromatic nitrogens is 1. The maximum absolute atomic E-state index is 14.0. The predicted molar refractivity (Wildman–Crippen MR) is 134 cm³/mol. The first-order valence-electron chi connectivity index (χ1n) is 12.3. The molecule has 6 heteroatoms. The molecule has 2 heterocycles. The fourth-order valence-corrected chi connectivity index (χ4v) is 6.43. The number of piperidine rings is 1. The molecule has 2 aliphatic rings. The first kappa shape index (κ1) is 23.0. The number of carboxylic acid groups (broad SMARTS) is 1. The van der Waals surface area contributed by atoms with Crippen LogP contribution in [-0.4, -0.2) is 39.0 Å². The third kappa shape index (κ3) is 4.72. The molecule has 3 aromatic rings. The predicted octanol–water partition coefficient (Wildman–Crippen LogP) is 6.37. The van der Waals surface area contributed by atoms with E-state index in [0.717, 1.165) is 47.7 Å². The number of aromatic amines is 1. The zero-order valence-corrected chi connectivity index (χ0v) is 20.0. The molecular formula is C28H31ClN2O3. The minimum Gasteiger partial charge on any atom is -0.481 e. The van der Waals surface area contributed by atoms with E-state index < -0.39 is 5.97 Å². The standard InChI is InChI=1S/C28H31ClN2O3/c29-20-9-11-23-25(17-30-26(23)15-20)24(19-6-2-1-3-7-19)16-27(32)31-21-8-4-5-18(13-21)14-22(31)10-12-28(33)34/h1-3,6-7,9,11,15,17-18,21-22,24,30H,4-5,8,10,12-14,16H2,(H,33,34). The molecule has 1 aliphatic carbocycles. The number of nitrogens with one attached hydrogen (secondary N) is 1. The lowest BCUT2D eigenvalue weighted by Crippen LogP contribution is -2.54. The van der Waals surface area contributed by atoms with E-state index >= 15 is 0 Å². The van der Waals surface area contributed by atoms with Gasteiger partial charge in [0.2, 0.25) is 5.91 Å². The molecule has 1 saturated heterocycles. The zero-order valence-electron chi connectivity index (χ0n) is 19.3. The van der Waals surface area contributed by atoms with Crippen LogP contribution in [0, 0.1) is 5.92 Å². The van der Waals surface area contributed by atoms with E-state index in [4.69, 9.17) is 11.6 Å². The van der Waals surface area contributed by atoms with E-state index in [1.807, 2.05) is 42.6 Å². The van der Waals surface area contributed by atoms with E-state index in [-0.39, 0.29) is 30.3 Å². The summed E-state index contributed by atoms with van der Waals surface area (Å²) in [5, 5.41) is 11.0. The van der Waals surface area contributed by atoms with E-state index in [1.165, 1.54) is 6.42 Å². The van der Waals surface area contributed by atoms with Crippen molar-refractivity contribution in [3.05, 3.63) is 70.9 Å². The van der Waals surface area contributed by atoms with E-state index in [2.05, 4.69) is 22.0 Å². The summed E-state index contributed by atoms with van der Waals surface area (Å²) in [6.07, 6.45) is 8.37. The molecule has 4 unspecified atom stereocenters. The SMILES string of the molecule is O=C(O)CCC1CC2CCCC(C2)N1C(=O)CC(c1ccccc1)c1c[nH]c2cc(Cl)ccc12. The van der Waals surface area contributed by atoms with Crippen LogP contribution in [0.3, 0.4) is 0 Å². The van der Waals surface area contributed by atoms with E-state index in [0.29, 0.717) is 23.8 Å². The third-order valence-electron chi connectivity index (χ3n) is 7.76. The van der Waals surface area contributed by atoms with E-state index in [1.54, 1.807) is 0 Å². The molecule has 178 valence electrons. The Labute approximate surface area is 205 Å². The topological polar surface area (TPSA) is 73.4 Å². The molecule has 34 heavy (non-hydrogen) atoms. The van der Waals surface area contributed by atoms with Crippen molar-refractivity contribution in [2.75, 3.05) is 0 Å². The number of hydrogen-bond acceptors (Lipinski definition) is 2. The van der Waals surface area contributed by atoms with Gasteiger partial charge in [-0.25, -0.2) is 0 Å². The fourth-order valence-electron chi connectivity index (χ4n) is 6.26. The monoisotopic (exact) mass is 478 g/mol. The van der Waals surface area contributed by atoms with Gasteiger partial charge in [-0.1, -0.05) is 60.8 Å². The van der Waals surface area contributed by atoms with Crippen molar-refractivity contribution in [2.24, 2.45) is 5.92 Å². The number of hydrogen-bond donors (Lipinski definition) is 2. The van der Waals surface area contributed by atoms with Crippen LogP contribution in [0.4, 0.5) is 0 Å². The molecule has 5 rings (SSSR count). The number of H-pyrrole nitrogens is 1. The average Bonchev–Trinajstić information content (AvgIpc) is 3.24. The second kappa shape index (κ2) is 9.83. The lowest BCUT2D eigenvalue weighted by atomic mass is 9.75. The van der Waals surface area contributed by atoms with Gasteiger partial charge in [-0.05, 0) is 54.9 Å². The van der Waals surface area contributed by atoms with Crippen LogP contribution in [-0.2, 0) is 9.59 Å². The van der Waals surface area contributed by atoms with Gasteiger partial charge in [-0.2, -0.15) is 0 Å². The minimum atomic E-state index is -0.789. The summed E-state index contributed by atoms with van der Waals surface area (Å²) in [6, 6.07) is 16.3. The Morgan fingerprint density at radius 1 is 1.12 bits per heavy atom. The molecule has 2 fully saturated rings. The molecular weight excluding hydrogens is 448 g/mol. The number of nitrogens with zero attached hydrogens (tertiary/aromatic N) is 1. The highest BCUT2D eigenvalue weighted by atomic mass is 35.5. The van der Waals surface area contributed by atoms with Crippen molar-refractivity contribution in [3.63, 3.8) is 0 Å². The summed E-state index contributed by atoms with van der Waals surface area (Å²) in [5.41, 5.74) is 3.16. The van der Waals surface area contributed by atoms with Gasteiger partial charge in [-0.15, -0.1) is 0 Å². The fraction of sp³-hybridized carbons (Fsp3) is 0.429. The highest BCUT2D eigenvalue weighted by Gasteiger charge is 2.41. The lowest BCUT2D eigenvalue weighted by Gasteiger charge is -2.48. The molecule has 2 bridgehead atoms. The second-order valence-electron chi connectivity index (χ2n) is 9.91. The molecule has 1 saturated carbocycles. The summed E-state index contributed by atoms with van der Waals surface area (Å²) in [5.74, 6) is -0.129. The highest BCUT2D eigenvalue weighted by molar-refractivity contribution is 6.31. The Morgan fingerprint density at radius 2 is 1.94 bits per heavy atom. The number of aliphatic carboxylic acids is 1. The number of carbonyl (C=O) groups excluding carboxylic acids is 1. The first-order valence-corrected chi connectivity index (χ1v) is 12.7. The molecule has 1 aromatic heterocycles. The molecule has 2 N–H and O–H groups in total. The maximum Gasteiger partial charge on any atom is 0.303 e. The normalized spacial score (nSPS) is 23.1. The van der Waals surface area contributed by atoms with Crippen molar-refractivity contribution in [2.45, 2.75) is 69.4 Å². The Hall–Kier alpha value is -2.79. The summed E-state index contributed by atoms with van der Waals surface area (Å²) in [7, 11) is 0. The number of likely N-dealkylation sites (tertiary alicyclic amines) is 1. The summed E-state index contributed by atoms with van der Waals surface area (Å²) < 4.78 is 0. The second-order valence-corrected chi connectivity index (χ2v) is 10.3. The van der Waals surface area contributed by atoms with Crippen LogP contribution in [0.15, 0.2) is 54.7 Å². The van der Waals surface area contributed by atoms with Gasteiger partial charge in [0.05, 0.1) is 0 Å². The summed E-state index contributed by atoms with van der Waals surface area (Å²) in [6.45, 7) is 0. The largest absolute Gasteiger partial charge is 0.481 e. The van der Waals surface area contributed by atoms with Crippen molar-refractivity contribution < 1.29 is 14.7 Å². The van der Waals surface area contributed by atoms with Gasteiger partial charge in [0, 0.05) is 53.0 Å². The average molecular weight is 479 g/mol. The lowest BCUT2D eigenvalue weighted by molar-refractivity contribution is -0.144. The van der Waals surface area contributed by atoms with Crippen LogP contribution in [0.5, 0.6) is 0 Å². The van der Waals surface area contributed by atoms with E-state index in [9.17, 15) is 14.7 Å². The van der Waals surface area contributed by atoms with Crippen LogP contribution >= 0.6 is 11.6 Å². The van der Waals surface area contributed by atoms with Crippen molar-refractivity contribution >= 4 is 34.4 Å². The number of fused-ring (bicyclic) bond motifs is 3. The Kier molecular flexibility index (Phi) is 6.64.